The molecule has 0 saturated heterocycles. The maximum absolute atomic E-state index is 9.74. The SMILES string of the molecule is CCCC(C)C(C)(C)C.O=COCCOc1ccccc1. The Bertz CT molecular complexity index is 354. The maximum atomic E-state index is 9.74. The highest BCUT2D eigenvalue weighted by molar-refractivity contribution is 5.36. The van der Waals surface area contributed by atoms with Crippen molar-refractivity contribution in [2.24, 2.45) is 11.3 Å². The molecule has 21 heavy (non-hydrogen) atoms. The molecule has 0 amide bonds. The van der Waals surface area contributed by atoms with Gasteiger partial charge in [0, 0.05) is 0 Å². The van der Waals surface area contributed by atoms with Gasteiger partial charge in [0.05, 0.1) is 0 Å². The molecule has 0 aliphatic heterocycles. The van der Waals surface area contributed by atoms with Crippen LogP contribution in [0.5, 0.6) is 5.75 Å². The summed E-state index contributed by atoms with van der Waals surface area (Å²) in [5, 5.41) is 0. The van der Waals surface area contributed by atoms with Crippen LogP contribution < -0.4 is 4.74 Å². The Hall–Kier alpha value is -1.51. The van der Waals surface area contributed by atoms with Gasteiger partial charge in [-0.25, -0.2) is 0 Å². The summed E-state index contributed by atoms with van der Waals surface area (Å²) in [5.41, 5.74) is 0.510. The van der Waals surface area contributed by atoms with E-state index in [4.69, 9.17) is 4.74 Å². The van der Waals surface area contributed by atoms with Crippen molar-refractivity contribution in [2.45, 2.75) is 47.5 Å². The molecule has 1 aromatic rings. The van der Waals surface area contributed by atoms with Gasteiger partial charge in [-0.2, -0.15) is 0 Å². The summed E-state index contributed by atoms with van der Waals surface area (Å²) in [7, 11) is 0. The molecule has 1 unspecified atom stereocenters. The van der Waals surface area contributed by atoms with Gasteiger partial charge in [-0.05, 0) is 23.5 Å². The topological polar surface area (TPSA) is 35.5 Å². The van der Waals surface area contributed by atoms with E-state index in [-0.39, 0.29) is 0 Å². The average Bonchev–Trinajstić information content (AvgIpc) is 2.45. The molecule has 1 atom stereocenters. The molecule has 0 aliphatic rings. The normalized spacial score (nSPS) is 11.9. The smallest absolute Gasteiger partial charge is 0.293 e. The Morgan fingerprint density at radius 2 is 1.76 bits per heavy atom. The lowest BCUT2D eigenvalue weighted by Crippen LogP contribution is -2.16. The molecule has 0 saturated carbocycles. The Morgan fingerprint density at radius 3 is 2.19 bits per heavy atom. The van der Waals surface area contributed by atoms with Crippen LogP contribution in [0.1, 0.15) is 47.5 Å². The number of carbonyl (C=O) groups excluding carboxylic acids is 1. The molecule has 0 spiro atoms. The van der Waals surface area contributed by atoms with Crippen LogP contribution in [0, 0.1) is 11.3 Å². The van der Waals surface area contributed by atoms with Crippen molar-refractivity contribution in [3.8, 4) is 5.75 Å². The molecule has 0 aromatic heterocycles. The third-order valence-corrected chi connectivity index (χ3v) is 3.48. The quantitative estimate of drug-likeness (QED) is 0.540. The lowest BCUT2D eigenvalue weighted by atomic mass is 9.80. The molecule has 0 radical (unpaired) electrons. The van der Waals surface area contributed by atoms with E-state index in [1.165, 1.54) is 12.8 Å². The number of ether oxygens (including phenoxy) is 2. The van der Waals surface area contributed by atoms with Gasteiger partial charge in [-0.1, -0.05) is 65.7 Å². The summed E-state index contributed by atoms with van der Waals surface area (Å²) in [4.78, 5) is 9.74. The van der Waals surface area contributed by atoms with E-state index in [1.807, 2.05) is 30.3 Å². The molecule has 0 bridgehead atoms. The van der Waals surface area contributed by atoms with E-state index in [1.54, 1.807) is 0 Å². The fourth-order valence-electron chi connectivity index (χ4n) is 1.64. The first-order chi connectivity index (χ1) is 9.91. The lowest BCUT2D eigenvalue weighted by molar-refractivity contribution is -0.129. The third-order valence-electron chi connectivity index (χ3n) is 3.48. The van der Waals surface area contributed by atoms with Crippen LogP contribution in [-0.2, 0) is 9.53 Å². The fraction of sp³-hybridized carbons (Fsp3) is 0.611. The standard InChI is InChI=1S/C9H10O3.C9H20/c10-8-11-6-7-12-9-4-2-1-3-5-9;1-6-7-8(2)9(3,4)5/h1-5,8H,6-7H2;8H,6-7H2,1-5H3. The monoisotopic (exact) mass is 294 g/mol. The van der Waals surface area contributed by atoms with E-state index >= 15 is 0 Å². The summed E-state index contributed by atoms with van der Waals surface area (Å²) in [6.45, 7) is 12.6. The number of hydrogen-bond donors (Lipinski definition) is 0. The van der Waals surface area contributed by atoms with Crippen molar-refractivity contribution in [2.75, 3.05) is 13.2 Å². The highest BCUT2D eigenvalue weighted by atomic mass is 16.5. The van der Waals surface area contributed by atoms with Crippen LogP contribution >= 0.6 is 0 Å². The summed E-state index contributed by atoms with van der Waals surface area (Å²) in [6, 6.07) is 9.38. The minimum Gasteiger partial charge on any atom is -0.490 e. The van der Waals surface area contributed by atoms with Gasteiger partial charge in [-0.3, -0.25) is 4.79 Å². The van der Waals surface area contributed by atoms with Gasteiger partial charge in [0.1, 0.15) is 19.0 Å². The number of rotatable bonds is 7. The Labute approximate surface area is 129 Å². The Kier molecular flexibility index (Phi) is 10.4. The van der Waals surface area contributed by atoms with Gasteiger partial charge >= 0.3 is 0 Å². The molecular weight excluding hydrogens is 264 g/mol. The molecule has 120 valence electrons. The second kappa shape index (κ2) is 11.2. The van der Waals surface area contributed by atoms with Crippen LogP contribution in [-0.4, -0.2) is 19.7 Å². The second-order valence-corrected chi connectivity index (χ2v) is 6.18. The molecule has 0 fully saturated rings. The molecule has 1 rings (SSSR count). The highest BCUT2D eigenvalue weighted by Crippen LogP contribution is 2.28. The Morgan fingerprint density at radius 1 is 1.14 bits per heavy atom. The maximum Gasteiger partial charge on any atom is 0.293 e. The minimum absolute atomic E-state index is 0.290. The van der Waals surface area contributed by atoms with Gasteiger partial charge < -0.3 is 9.47 Å². The van der Waals surface area contributed by atoms with Crippen molar-refractivity contribution >= 4 is 6.47 Å². The van der Waals surface area contributed by atoms with Crippen LogP contribution in [0.2, 0.25) is 0 Å². The number of hydrogen-bond acceptors (Lipinski definition) is 3. The lowest BCUT2D eigenvalue weighted by Gasteiger charge is -2.26. The van der Waals surface area contributed by atoms with E-state index < -0.39 is 0 Å². The second-order valence-electron chi connectivity index (χ2n) is 6.18. The zero-order valence-corrected chi connectivity index (χ0v) is 14.1. The van der Waals surface area contributed by atoms with Crippen LogP contribution in [0.15, 0.2) is 30.3 Å². The molecule has 0 aliphatic carbocycles. The van der Waals surface area contributed by atoms with Crippen molar-refractivity contribution in [3.63, 3.8) is 0 Å². The summed E-state index contributed by atoms with van der Waals surface area (Å²) in [6.07, 6.45) is 2.68. The first kappa shape index (κ1) is 19.5. The number of para-hydroxylation sites is 1. The largest absolute Gasteiger partial charge is 0.490 e. The van der Waals surface area contributed by atoms with E-state index in [2.05, 4.69) is 39.4 Å². The molecular formula is C18H30O3. The molecule has 3 nitrogen and oxygen atoms in total. The highest BCUT2D eigenvalue weighted by Gasteiger charge is 2.18. The zero-order chi connectivity index (χ0) is 16.1. The van der Waals surface area contributed by atoms with E-state index in [0.717, 1.165) is 11.7 Å². The van der Waals surface area contributed by atoms with Gasteiger partial charge in [0.25, 0.3) is 6.47 Å². The number of benzene rings is 1. The van der Waals surface area contributed by atoms with E-state index in [0.29, 0.717) is 25.1 Å². The van der Waals surface area contributed by atoms with Crippen molar-refractivity contribution in [1.29, 1.82) is 0 Å². The minimum atomic E-state index is 0.290. The van der Waals surface area contributed by atoms with Crippen molar-refractivity contribution in [1.82, 2.24) is 0 Å². The predicted molar refractivity (Wildman–Crippen MR) is 87.5 cm³/mol. The summed E-state index contributed by atoms with van der Waals surface area (Å²) < 4.78 is 9.67. The van der Waals surface area contributed by atoms with Crippen molar-refractivity contribution < 1.29 is 14.3 Å². The fourth-order valence-corrected chi connectivity index (χ4v) is 1.64. The van der Waals surface area contributed by atoms with Crippen LogP contribution in [0.4, 0.5) is 0 Å². The van der Waals surface area contributed by atoms with Gasteiger partial charge in [0.15, 0.2) is 0 Å². The molecule has 1 aromatic carbocycles. The molecule has 0 heterocycles. The average molecular weight is 294 g/mol. The van der Waals surface area contributed by atoms with Crippen LogP contribution in [0.25, 0.3) is 0 Å². The van der Waals surface area contributed by atoms with Gasteiger partial charge in [-0.15, -0.1) is 0 Å². The first-order valence-corrected chi connectivity index (χ1v) is 7.64. The first-order valence-electron chi connectivity index (χ1n) is 7.64. The predicted octanol–water partition coefficient (Wildman–Crippen LogP) is 4.71. The Balaban J connectivity index is 0.000000400. The zero-order valence-electron chi connectivity index (χ0n) is 14.1. The third kappa shape index (κ3) is 10.9. The van der Waals surface area contributed by atoms with Crippen LogP contribution in [0.3, 0.4) is 0 Å². The molecule has 3 heteroatoms. The van der Waals surface area contributed by atoms with Gasteiger partial charge in [0.2, 0.25) is 0 Å². The van der Waals surface area contributed by atoms with Crippen molar-refractivity contribution in [3.05, 3.63) is 30.3 Å². The summed E-state index contributed by atoms with van der Waals surface area (Å²) >= 11 is 0. The number of carbonyl (C=O) groups is 1. The summed E-state index contributed by atoms with van der Waals surface area (Å²) in [5.74, 6) is 1.65. The molecule has 0 N–H and O–H groups in total. The van der Waals surface area contributed by atoms with E-state index in [9.17, 15) is 4.79 Å².